The first-order chi connectivity index (χ1) is 22.7. The van der Waals surface area contributed by atoms with Gasteiger partial charge in [0, 0.05) is 47.2 Å². The first kappa shape index (κ1) is 30.5. The molecule has 8 heteroatoms. The third kappa shape index (κ3) is 4.09. The average molecular weight is 651 g/mol. The highest BCUT2D eigenvalue weighted by atomic mass is 32.1. The van der Waals surface area contributed by atoms with Crippen molar-refractivity contribution in [2.75, 3.05) is 14.2 Å². The molecule has 0 N–H and O–H groups in total. The number of fused-ring (bicyclic) bond motifs is 11. The Labute approximate surface area is 283 Å². The van der Waals surface area contributed by atoms with Crippen molar-refractivity contribution in [2.24, 2.45) is 11.8 Å². The molecule has 2 aromatic carbocycles. The summed E-state index contributed by atoms with van der Waals surface area (Å²) in [4.78, 5) is 11.6. The van der Waals surface area contributed by atoms with Crippen LogP contribution in [0.5, 0.6) is 11.5 Å². The summed E-state index contributed by atoms with van der Waals surface area (Å²) in [6, 6.07) is 16.4. The van der Waals surface area contributed by atoms with Gasteiger partial charge in [-0.3, -0.25) is 0 Å². The lowest BCUT2D eigenvalue weighted by Gasteiger charge is -2.36. The first-order valence-corrected chi connectivity index (χ1v) is 17.1. The molecule has 0 aliphatic heterocycles. The van der Waals surface area contributed by atoms with E-state index >= 15 is 0 Å². The number of hydrogen-bond donors (Lipinski definition) is 0. The van der Waals surface area contributed by atoms with Crippen molar-refractivity contribution in [1.29, 1.82) is 10.5 Å². The highest BCUT2D eigenvalue weighted by Crippen LogP contribution is 2.70. The van der Waals surface area contributed by atoms with Gasteiger partial charge in [0.2, 0.25) is 0 Å². The second kappa shape index (κ2) is 11.0. The van der Waals surface area contributed by atoms with E-state index < -0.39 is 0 Å². The highest BCUT2D eigenvalue weighted by Gasteiger charge is 2.53. The van der Waals surface area contributed by atoms with Gasteiger partial charge in [0.1, 0.15) is 11.5 Å². The molecule has 230 valence electrons. The van der Waals surface area contributed by atoms with Crippen molar-refractivity contribution in [3.8, 4) is 55.6 Å². The Bertz CT molecular complexity index is 2090. The zero-order chi connectivity index (χ0) is 33.4. The van der Waals surface area contributed by atoms with E-state index in [0.29, 0.717) is 34.5 Å². The molecule has 0 unspecified atom stereocenters. The van der Waals surface area contributed by atoms with Crippen LogP contribution in [0, 0.1) is 47.6 Å². The fourth-order valence-electron chi connectivity index (χ4n) is 8.11. The van der Waals surface area contributed by atoms with Crippen LogP contribution >= 0.6 is 22.7 Å². The van der Waals surface area contributed by atoms with Gasteiger partial charge in [-0.1, -0.05) is 39.8 Å². The molecule has 4 aromatic rings. The second-order valence-electron chi connectivity index (χ2n) is 13.0. The van der Waals surface area contributed by atoms with E-state index in [-0.39, 0.29) is 16.8 Å². The van der Waals surface area contributed by atoms with E-state index in [4.69, 9.17) is 22.6 Å². The molecular weight excluding hydrogens is 621 g/mol. The lowest BCUT2D eigenvalue weighted by atomic mass is 9.66. The summed E-state index contributed by atoms with van der Waals surface area (Å²) in [5.41, 5.74) is 9.72. The minimum absolute atomic E-state index is 0.0780. The number of ether oxygens (including phenoxy) is 2. The monoisotopic (exact) mass is 650 g/mol. The molecule has 3 aliphatic carbocycles. The Kier molecular flexibility index (Phi) is 7.15. The maximum Gasteiger partial charge on any atom is 0.271 e. The first-order valence-electron chi connectivity index (χ1n) is 15.4. The topological polar surface area (TPSA) is 74.8 Å². The molecule has 0 bridgehead atoms. The molecule has 0 atom stereocenters. The van der Waals surface area contributed by atoms with Crippen molar-refractivity contribution >= 4 is 33.8 Å². The average Bonchev–Trinajstić information content (AvgIpc) is 3.81. The van der Waals surface area contributed by atoms with E-state index in [1.54, 1.807) is 36.9 Å². The van der Waals surface area contributed by atoms with Gasteiger partial charge in [0.25, 0.3) is 11.4 Å². The van der Waals surface area contributed by atoms with Crippen molar-refractivity contribution < 1.29 is 9.47 Å². The van der Waals surface area contributed by atoms with Crippen LogP contribution < -0.4 is 9.47 Å². The Balaban J connectivity index is 1.65. The highest BCUT2D eigenvalue weighted by molar-refractivity contribution is 7.24. The Morgan fingerprint density at radius 3 is 1.43 bits per heavy atom. The van der Waals surface area contributed by atoms with Gasteiger partial charge in [-0.15, -0.1) is 22.7 Å². The maximum atomic E-state index is 10.1. The molecule has 3 aliphatic rings. The minimum atomic E-state index is -0.379. The van der Waals surface area contributed by atoms with Crippen LogP contribution in [0.3, 0.4) is 0 Å². The molecule has 0 spiro atoms. The summed E-state index contributed by atoms with van der Waals surface area (Å²) in [5.74, 6) is 2.07. The number of nitrogens with zero attached hydrogens (tertiary/aromatic N) is 4. The van der Waals surface area contributed by atoms with E-state index in [1.807, 2.05) is 24.3 Å². The number of methoxy groups -OCH3 is 2. The Morgan fingerprint density at radius 1 is 0.702 bits per heavy atom. The molecule has 0 saturated heterocycles. The number of rotatable bonds is 6. The molecule has 0 saturated carbocycles. The lowest BCUT2D eigenvalue weighted by molar-refractivity contribution is 0.339. The van der Waals surface area contributed by atoms with Crippen LogP contribution in [-0.2, 0) is 5.41 Å². The van der Waals surface area contributed by atoms with Crippen molar-refractivity contribution in [3.63, 3.8) is 0 Å². The summed E-state index contributed by atoms with van der Waals surface area (Å²) < 4.78 is 11.2. The fourth-order valence-corrected chi connectivity index (χ4v) is 11.2. The van der Waals surface area contributed by atoms with E-state index in [9.17, 15) is 10.5 Å². The third-order valence-electron chi connectivity index (χ3n) is 9.39. The van der Waals surface area contributed by atoms with Gasteiger partial charge in [-0.05, 0) is 82.3 Å². The zero-order valence-corrected chi connectivity index (χ0v) is 28.6. The molecule has 7 rings (SSSR count). The Hall–Kier alpha value is -5.12. The molecular formula is C39H30N4O2S2. The number of benzene rings is 2. The summed E-state index contributed by atoms with van der Waals surface area (Å²) in [7, 11) is 3.26. The van der Waals surface area contributed by atoms with Crippen LogP contribution in [-0.4, -0.2) is 14.2 Å². The summed E-state index contributed by atoms with van der Waals surface area (Å²) in [6.45, 7) is 24.9. The molecule has 0 radical (unpaired) electrons. The van der Waals surface area contributed by atoms with Crippen LogP contribution in [0.4, 0.5) is 0 Å². The zero-order valence-electron chi connectivity index (χ0n) is 27.0. The smallest absolute Gasteiger partial charge is 0.271 e. The largest absolute Gasteiger partial charge is 0.497 e. The molecule has 2 aromatic heterocycles. The quantitative estimate of drug-likeness (QED) is 0.133. The van der Waals surface area contributed by atoms with Gasteiger partial charge < -0.3 is 9.47 Å². The van der Waals surface area contributed by atoms with Crippen LogP contribution in [0.25, 0.3) is 52.8 Å². The van der Waals surface area contributed by atoms with Gasteiger partial charge >= 0.3 is 0 Å². The summed E-state index contributed by atoms with van der Waals surface area (Å²) in [5, 5.41) is 20.3. The lowest BCUT2D eigenvalue weighted by Crippen LogP contribution is -2.30. The second-order valence-corrected chi connectivity index (χ2v) is 15.1. The fraction of sp³-hybridized carbons (Fsp3) is 0.282. The molecule has 6 nitrogen and oxygen atoms in total. The summed E-state index contributed by atoms with van der Waals surface area (Å²) in [6.07, 6.45) is 1.79. The molecule has 0 fully saturated rings. The van der Waals surface area contributed by atoms with E-state index in [1.165, 1.54) is 20.9 Å². The van der Waals surface area contributed by atoms with Gasteiger partial charge in [0.15, 0.2) is 0 Å². The number of thiophene rings is 2. The normalized spacial score (nSPS) is 16.2. The standard InChI is InChI=1S/C39H30N4O2S2/c1-19(2)15-39(16-20(3)4)33-31-23-11-9-21(44-7)13-25(23)29(27(17-40)42-5)35(31)46-37(33)38-34(39)32-24-12-10-22(45-8)14-26(24)30(36(32)47-38)28(18-41)43-6/h9-14,19-20H,15-16H2,1-4,7-8H3/b29-27-,30-28+. The number of hydrogen-bond acceptors (Lipinski definition) is 6. The van der Waals surface area contributed by atoms with Crippen molar-refractivity contribution in [1.82, 2.24) is 0 Å². The van der Waals surface area contributed by atoms with Gasteiger partial charge in [-0.2, -0.15) is 0 Å². The van der Waals surface area contributed by atoms with E-state index in [0.717, 1.165) is 56.0 Å². The third-order valence-corrected chi connectivity index (χ3v) is 12.0. The molecule has 47 heavy (non-hydrogen) atoms. The van der Waals surface area contributed by atoms with E-state index in [2.05, 4.69) is 61.7 Å². The summed E-state index contributed by atoms with van der Waals surface area (Å²) >= 11 is 3.34. The number of allylic oxidation sites excluding steroid dienone is 2. The SMILES string of the molecule is [C-]#[N+]/C(C#N)=C1/c2cc(OC)ccc2-c2c1sc1c2C(CC(C)C)(CC(C)C)c2c-1sc1c2-c2ccc(OC)cc2/C1=C(/C#N)[N+]#[C-]. The van der Waals surface area contributed by atoms with Crippen LogP contribution in [0.2, 0.25) is 0 Å². The van der Waals surface area contributed by atoms with Crippen LogP contribution in [0.15, 0.2) is 47.8 Å². The van der Waals surface area contributed by atoms with Gasteiger partial charge in [-0.25, -0.2) is 20.2 Å². The van der Waals surface area contributed by atoms with Crippen molar-refractivity contribution in [3.05, 3.63) is 103 Å². The Morgan fingerprint density at radius 2 is 1.11 bits per heavy atom. The van der Waals surface area contributed by atoms with Crippen molar-refractivity contribution in [2.45, 2.75) is 46.0 Å². The van der Waals surface area contributed by atoms with Gasteiger partial charge in [0.05, 0.1) is 39.5 Å². The number of nitriles is 2. The predicted molar refractivity (Wildman–Crippen MR) is 188 cm³/mol. The molecule has 2 heterocycles. The maximum absolute atomic E-state index is 10.1. The molecule has 0 amide bonds. The predicted octanol–water partition coefficient (Wildman–Crippen LogP) is 10.6. The van der Waals surface area contributed by atoms with Crippen LogP contribution in [0.1, 0.15) is 72.5 Å². The minimum Gasteiger partial charge on any atom is -0.497 e.